The summed E-state index contributed by atoms with van der Waals surface area (Å²) in [6, 6.07) is 3.10. The van der Waals surface area contributed by atoms with Crippen LogP contribution >= 0.6 is 0 Å². The van der Waals surface area contributed by atoms with Gasteiger partial charge < -0.3 is 10.1 Å². The second kappa shape index (κ2) is 7.10. The number of rotatable bonds is 5. The zero-order valence-corrected chi connectivity index (χ0v) is 14.4. The molecule has 2 aliphatic rings. The number of hydrogen-bond acceptors (Lipinski definition) is 3. The monoisotopic (exact) mass is 351 g/mol. The number of benzene rings is 1. The van der Waals surface area contributed by atoms with E-state index in [1.165, 1.54) is 26.2 Å². The lowest BCUT2D eigenvalue weighted by Crippen LogP contribution is -2.45. The third-order valence-electron chi connectivity index (χ3n) is 5.62. The Morgan fingerprint density at radius 2 is 1.84 bits per heavy atom. The summed E-state index contributed by atoms with van der Waals surface area (Å²) < 4.78 is 32.2. The summed E-state index contributed by atoms with van der Waals surface area (Å²) in [6.07, 6.45) is 3.74. The fourth-order valence-electron chi connectivity index (χ4n) is 4.32. The van der Waals surface area contributed by atoms with Gasteiger partial charge in [-0.2, -0.15) is 0 Å². The van der Waals surface area contributed by atoms with Crippen LogP contribution in [0.3, 0.4) is 0 Å². The summed E-state index contributed by atoms with van der Waals surface area (Å²) in [5.74, 6) is -1.75. The molecule has 1 aromatic rings. The molecule has 2 bridgehead atoms. The van der Waals surface area contributed by atoms with Crippen molar-refractivity contribution in [2.24, 2.45) is 17.8 Å². The van der Waals surface area contributed by atoms with Crippen LogP contribution in [0.15, 0.2) is 18.2 Å². The van der Waals surface area contributed by atoms with Gasteiger partial charge in [-0.25, -0.2) is 13.6 Å². The molecule has 2 fully saturated rings. The minimum Gasteiger partial charge on any atom is -0.449 e. The highest BCUT2D eigenvalue weighted by atomic mass is 19.1. The molecule has 0 aliphatic heterocycles. The predicted octanol–water partition coefficient (Wildman–Crippen LogP) is 3.45. The van der Waals surface area contributed by atoms with Gasteiger partial charge in [-0.3, -0.25) is 4.79 Å². The molecule has 0 unspecified atom stereocenters. The third-order valence-corrected chi connectivity index (χ3v) is 5.62. The van der Waals surface area contributed by atoms with Crippen LogP contribution in [0, 0.1) is 29.4 Å². The molecular weight excluding hydrogens is 328 g/mol. The lowest BCUT2D eigenvalue weighted by atomic mass is 9.84. The summed E-state index contributed by atoms with van der Waals surface area (Å²) in [6.45, 7) is 3.37. The summed E-state index contributed by atoms with van der Waals surface area (Å²) in [5, 5.41) is 2.89. The second-order valence-electron chi connectivity index (χ2n) is 7.28. The molecule has 1 aromatic carbocycles. The van der Waals surface area contributed by atoms with Crippen LogP contribution in [0.4, 0.5) is 8.78 Å². The zero-order chi connectivity index (χ0) is 18.1. The van der Waals surface area contributed by atoms with E-state index in [2.05, 4.69) is 5.32 Å². The Hall–Kier alpha value is -1.98. The topological polar surface area (TPSA) is 55.4 Å². The van der Waals surface area contributed by atoms with Crippen molar-refractivity contribution in [3.63, 3.8) is 0 Å². The number of carbonyl (C=O) groups is 2. The number of amides is 1. The Labute approximate surface area is 145 Å². The number of carbonyl (C=O) groups excluding carboxylic acids is 2. The van der Waals surface area contributed by atoms with Crippen molar-refractivity contribution in [2.75, 3.05) is 0 Å². The van der Waals surface area contributed by atoms with E-state index in [-0.39, 0.29) is 6.04 Å². The van der Waals surface area contributed by atoms with Crippen molar-refractivity contribution in [2.45, 2.75) is 51.7 Å². The highest BCUT2D eigenvalue weighted by Gasteiger charge is 2.42. The minimum absolute atomic E-state index is 0.00542. The molecule has 2 saturated carbocycles. The molecule has 25 heavy (non-hydrogen) atoms. The fourth-order valence-corrected chi connectivity index (χ4v) is 4.32. The molecule has 136 valence electrons. The van der Waals surface area contributed by atoms with Crippen LogP contribution in [0.1, 0.15) is 49.9 Å². The number of hydrogen-bond donors (Lipinski definition) is 1. The van der Waals surface area contributed by atoms with E-state index >= 15 is 0 Å². The quantitative estimate of drug-likeness (QED) is 0.827. The first-order valence-corrected chi connectivity index (χ1v) is 8.82. The van der Waals surface area contributed by atoms with Gasteiger partial charge >= 0.3 is 5.97 Å². The van der Waals surface area contributed by atoms with Crippen molar-refractivity contribution in [3.05, 3.63) is 35.4 Å². The SMILES string of the molecule is C[C@H](OC(=O)c1c(F)cccc1F)C(=O)N[C@@H](C)[C@@H]1C[C@H]2CC[C@H]1C2. The summed E-state index contributed by atoms with van der Waals surface area (Å²) in [5.41, 5.74) is -0.775. The van der Waals surface area contributed by atoms with E-state index in [0.29, 0.717) is 11.8 Å². The molecule has 4 nitrogen and oxygen atoms in total. The highest BCUT2D eigenvalue weighted by Crippen LogP contribution is 2.49. The van der Waals surface area contributed by atoms with Crippen molar-refractivity contribution in [3.8, 4) is 0 Å². The second-order valence-corrected chi connectivity index (χ2v) is 7.28. The van der Waals surface area contributed by atoms with E-state index in [1.807, 2.05) is 6.92 Å². The molecule has 3 rings (SSSR count). The molecular formula is C19H23F2NO3. The van der Waals surface area contributed by atoms with Gasteiger partial charge in [0.25, 0.3) is 5.91 Å². The molecule has 1 amide bonds. The van der Waals surface area contributed by atoms with Crippen LogP contribution in [-0.2, 0) is 9.53 Å². The number of nitrogens with one attached hydrogen (secondary N) is 1. The molecule has 6 heteroatoms. The average molecular weight is 351 g/mol. The van der Waals surface area contributed by atoms with Crippen LogP contribution in [0.5, 0.6) is 0 Å². The molecule has 1 N–H and O–H groups in total. The first-order chi connectivity index (χ1) is 11.9. The van der Waals surface area contributed by atoms with Crippen molar-refractivity contribution in [1.29, 1.82) is 0 Å². The maximum Gasteiger partial charge on any atom is 0.344 e. The Kier molecular flexibility index (Phi) is 5.06. The summed E-state index contributed by atoms with van der Waals surface area (Å²) in [7, 11) is 0. The maximum atomic E-state index is 13.6. The number of halogens is 2. The van der Waals surface area contributed by atoms with Crippen LogP contribution < -0.4 is 5.32 Å². The summed E-state index contributed by atoms with van der Waals surface area (Å²) in [4.78, 5) is 24.2. The molecule has 0 heterocycles. The number of esters is 1. The molecule has 2 aliphatic carbocycles. The first-order valence-electron chi connectivity index (χ1n) is 8.82. The Balaban J connectivity index is 1.56. The van der Waals surface area contributed by atoms with Crippen molar-refractivity contribution < 1.29 is 23.1 Å². The first kappa shape index (κ1) is 17.8. The van der Waals surface area contributed by atoms with Gasteiger partial charge in [0.2, 0.25) is 0 Å². The number of fused-ring (bicyclic) bond motifs is 2. The molecule has 0 spiro atoms. The average Bonchev–Trinajstić information content (AvgIpc) is 3.17. The normalized spacial score (nSPS) is 27.0. The van der Waals surface area contributed by atoms with Gasteiger partial charge in [0, 0.05) is 6.04 Å². The van der Waals surface area contributed by atoms with Gasteiger partial charge in [-0.1, -0.05) is 12.5 Å². The predicted molar refractivity (Wildman–Crippen MR) is 87.8 cm³/mol. The highest BCUT2D eigenvalue weighted by molar-refractivity contribution is 5.92. The Bertz CT molecular complexity index is 658. The zero-order valence-electron chi connectivity index (χ0n) is 14.4. The van der Waals surface area contributed by atoms with Crippen molar-refractivity contribution >= 4 is 11.9 Å². The van der Waals surface area contributed by atoms with Crippen LogP contribution in [0.2, 0.25) is 0 Å². The van der Waals surface area contributed by atoms with Crippen molar-refractivity contribution in [1.82, 2.24) is 5.32 Å². The van der Waals surface area contributed by atoms with E-state index < -0.39 is 35.2 Å². The maximum absolute atomic E-state index is 13.6. The smallest absolute Gasteiger partial charge is 0.344 e. The lowest BCUT2D eigenvalue weighted by molar-refractivity contribution is -0.130. The Morgan fingerprint density at radius 3 is 2.40 bits per heavy atom. The van der Waals surface area contributed by atoms with Gasteiger partial charge in [-0.15, -0.1) is 0 Å². The van der Waals surface area contributed by atoms with E-state index in [1.54, 1.807) is 0 Å². The third kappa shape index (κ3) is 3.67. The standard InChI is InChI=1S/C19H23F2NO3/c1-10(14-9-12-6-7-13(14)8-12)22-18(23)11(2)25-19(24)17-15(20)4-3-5-16(17)21/h3-5,10-14H,6-9H2,1-2H3,(H,22,23)/t10-,11-,12-,13-,14-/m0/s1. The van der Waals surface area contributed by atoms with Gasteiger partial charge in [0.15, 0.2) is 6.10 Å². The van der Waals surface area contributed by atoms with E-state index in [0.717, 1.165) is 30.5 Å². The van der Waals surface area contributed by atoms with Crippen LogP contribution in [0.25, 0.3) is 0 Å². The molecule has 5 atom stereocenters. The van der Waals surface area contributed by atoms with Gasteiger partial charge in [0.1, 0.15) is 17.2 Å². The molecule has 0 radical (unpaired) electrons. The fraction of sp³-hybridized carbons (Fsp3) is 0.579. The van der Waals surface area contributed by atoms with Gasteiger partial charge in [-0.05, 0) is 63.0 Å². The molecule has 0 saturated heterocycles. The van der Waals surface area contributed by atoms with E-state index in [4.69, 9.17) is 4.74 Å². The number of ether oxygens (including phenoxy) is 1. The lowest BCUT2D eigenvalue weighted by Gasteiger charge is -2.29. The van der Waals surface area contributed by atoms with Crippen LogP contribution in [-0.4, -0.2) is 24.0 Å². The Morgan fingerprint density at radius 1 is 1.16 bits per heavy atom. The van der Waals surface area contributed by atoms with Gasteiger partial charge in [0.05, 0.1) is 0 Å². The summed E-state index contributed by atoms with van der Waals surface area (Å²) >= 11 is 0. The largest absolute Gasteiger partial charge is 0.449 e. The molecule has 0 aromatic heterocycles. The van der Waals surface area contributed by atoms with E-state index in [9.17, 15) is 18.4 Å². The minimum atomic E-state index is -1.18.